The minimum absolute atomic E-state index is 0.286. The van der Waals surface area contributed by atoms with E-state index in [1.165, 1.54) is 5.56 Å². The summed E-state index contributed by atoms with van der Waals surface area (Å²) in [5.41, 5.74) is 7.68. The van der Waals surface area contributed by atoms with Crippen molar-refractivity contribution >= 4 is 5.69 Å². The highest BCUT2D eigenvalue weighted by molar-refractivity contribution is 5.48. The van der Waals surface area contributed by atoms with Crippen LogP contribution < -0.4 is 10.5 Å². The van der Waals surface area contributed by atoms with Gasteiger partial charge in [-0.25, -0.2) is 0 Å². The summed E-state index contributed by atoms with van der Waals surface area (Å²) < 4.78 is 11.1. The van der Waals surface area contributed by atoms with Crippen LogP contribution in [0.1, 0.15) is 19.4 Å². The topological polar surface area (TPSA) is 47.7 Å². The van der Waals surface area contributed by atoms with E-state index in [1.807, 2.05) is 18.2 Å². The second-order valence-electron chi connectivity index (χ2n) is 5.02. The molecule has 0 aromatic heterocycles. The number of benzene rings is 1. The molecule has 0 saturated carbocycles. The monoisotopic (exact) mass is 250 g/mol. The molecule has 1 aromatic carbocycles. The highest BCUT2D eigenvalue weighted by atomic mass is 16.5. The van der Waals surface area contributed by atoms with Crippen LogP contribution in [0.15, 0.2) is 18.2 Å². The maximum absolute atomic E-state index is 5.77. The van der Waals surface area contributed by atoms with Crippen LogP contribution in [0, 0.1) is 0 Å². The van der Waals surface area contributed by atoms with Crippen molar-refractivity contribution in [3.05, 3.63) is 23.8 Å². The van der Waals surface area contributed by atoms with Crippen molar-refractivity contribution in [1.29, 1.82) is 0 Å². The van der Waals surface area contributed by atoms with Crippen molar-refractivity contribution in [1.82, 2.24) is 4.90 Å². The summed E-state index contributed by atoms with van der Waals surface area (Å²) in [6.45, 7) is 7.02. The average Bonchev–Trinajstić information content (AvgIpc) is 2.30. The van der Waals surface area contributed by atoms with Gasteiger partial charge in [0.2, 0.25) is 0 Å². The summed E-state index contributed by atoms with van der Waals surface area (Å²) in [6.07, 6.45) is 0.571. The van der Waals surface area contributed by atoms with Crippen LogP contribution >= 0.6 is 0 Å². The molecule has 0 aliphatic carbocycles. The number of nitrogens with two attached hydrogens (primary N) is 1. The highest BCUT2D eigenvalue weighted by Gasteiger charge is 2.22. The normalized spacial score (nSPS) is 25.1. The molecule has 2 atom stereocenters. The molecule has 100 valence electrons. The maximum atomic E-state index is 5.77. The van der Waals surface area contributed by atoms with Crippen molar-refractivity contribution in [3.63, 3.8) is 0 Å². The molecular formula is C14H22N2O2. The molecule has 0 radical (unpaired) electrons. The Morgan fingerprint density at radius 1 is 1.33 bits per heavy atom. The van der Waals surface area contributed by atoms with Gasteiger partial charge in [-0.1, -0.05) is 6.07 Å². The van der Waals surface area contributed by atoms with Gasteiger partial charge in [0.15, 0.2) is 0 Å². The zero-order valence-corrected chi connectivity index (χ0v) is 11.3. The van der Waals surface area contributed by atoms with E-state index in [0.717, 1.165) is 31.1 Å². The van der Waals surface area contributed by atoms with Gasteiger partial charge in [0, 0.05) is 37.0 Å². The third-order valence-corrected chi connectivity index (χ3v) is 3.20. The quantitative estimate of drug-likeness (QED) is 0.832. The van der Waals surface area contributed by atoms with E-state index in [4.69, 9.17) is 15.2 Å². The molecule has 1 fully saturated rings. The number of ether oxygens (including phenoxy) is 2. The van der Waals surface area contributed by atoms with E-state index in [2.05, 4.69) is 18.7 Å². The molecule has 18 heavy (non-hydrogen) atoms. The van der Waals surface area contributed by atoms with Crippen LogP contribution in [-0.4, -0.2) is 37.3 Å². The van der Waals surface area contributed by atoms with E-state index in [0.29, 0.717) is 0 Å². The first kappa shape index (κ1) is 13.2. The van der Waals surface area contributed by atoms with Crippen LogP contribution in [0.4, 0.5) is 5.69 Å². The molecule has 2 rings (SSSR count). The number of hydrogen-bond donors (Lipinski definition) is 1. The summed E-state index contributed by atoms with van der Waals surface area (Å²) in [7, 11) is 1.68. The zero-order chi connectivity index (χ0) is 13.1. The standard InChI is InChI=1S/C14H22N2O2/c1-10-7-16(8-11(2)18-10)9-12-4-5-13(15)6-14(12)17-3/h4-6,10-11H,7-9,15H2,1-3H3/t10-,11+. The molecule has 1 saturated heterocycles. The number of anilines is 1. The van der Waals surface area contributed by atoms with Gasteiger partial charge in [-0.05, 0) is 19.9 Å². The first-order valence-electron chi connectivity index (χ1n) is 6.38. The van der Waals surface area contributed by atoms with Gasteiger partial charge >= 0.3 is 0 Å². The number of methoxy groups -OCH3 is 1. The SMILES string of the molecule is COc1cc(N)ccc1CN1C[C@@H](C)O[C@@H](C)C1. The summed E-state index contributed by atoms with van der Waals surface area (Å²) in [5, 5.41) is 0. The molecule has 1 aromatic rings. The molecule has 0 spiro atoms. The van der Waals surface area contributed by atoms with Crippen LogP contribution in [-0.2, 0) is 11.3 Å². The summed E-state index contributed by atoms with van der Waals surface area (Å²) in [4.78, 5) is 2.40. The van der Waals surface area contributed by atoms with Gasteiger partial charge in [-0.15, -0.1) is 0 Å². The van der Waals surface area contributed by atoms with Gasteiger partial charge < -0.3 is 15.2 Å². The fourth-order valence-electron chi connectivity index (χ4n) is 2.55. The number of nitrogens with zero attached hydrogens (tertiary/aromatic N) is 1. The molecule has 0 amide bonds. The summed E-state index contributed by atoms with van der Waals surface area (Å²) >= 11 is 0. The number of nitrogen functional groups attached to an aromatic ring is 1. The Labute approximate surface area is 109 Å². The van der Waals surface area contributed by atoms with Gasteiger partial charge in [0.25, 0.3) is 0 Å². The molecule has 2 N–H and O–H groups in total. The lowest BCUT2D eigenvalue weighted by Crippen LogP contribution is -2.44. The van der Waals surface area contributed by atoms with Crippen LogP contribution in [0.3, 0.4) is 0 Å². The van der Waals surface area contributed by atoms with E-state index in [9.17, 15) is 0 Å². The first-order valence-corrected chi connectivity index (χ1v) is 6.38. The number of rotatable bonds is 3. The molecule has 4 heteroatoms. The lowest BCUT2D eigenvalue weighted by Gasteiger charge is -2.35. The molecule has 4 nitrogen and oxygen atoms in total. The predicted molar refractivity (Wildman–Crippen MR) is 72.7 cm³/mol. The predicted octanol–water partition coefficient (Wildman–Crippen LogP) is 1.89. The number of hydrogen-bond acceptors (Lipinski definition) is 4. The Bertz CT molecular complexity index is 399. The van der Waals surface area contributed by atoms with Crippen molar-refractivity contribution in [2.45, 2.75) is 32.6 Å². The Hall–Kier alpha value is -1.26. The fraction of sp³-hybridized carbons (Fsp3) is 0.571. The molecule has 0 unspecified atom stereocenters. The van der Waals surface area contributed by atoms with Crippen LogP contribution in [0.2, 0.25) is 0 Å². The van der Waals surface area contributed by atoms with Gasteiger partial charge in [0.05, 0.1) is 19.3 Å². The third kappa shape index (κ3) is 3.15. The smallest absolute Gasteiger partial charge is 0.125 e. The van der Waals surface area contributed by atoms with E-state index in [1.54, 1.807) is 7.11 Å². The van der Waals surface area contributed by atoms with Crippen molar-refractivity contribution < 1.29 is 9.47 Å². The largest absolute Gasteiger partial charge is 0.496 e. The first-order chi connectivity index (χ1) is 8.58. The third-order valence-electron chi connectivity index (χ3n) is 3.20. The fourth-order valence-corrected chi connectivity index (χ4v) is 2.55. The zero-order valence-electron chi connectivity index (χ0n) is 11.3. The maximum Gasteiger partial charge on any atom is 0.125 e. The van der Waals surface area contributed by atoms with Crippen molar-refractivity contribution in [3.8, 4) is 5.75 Å². The lowest BCUT2D eigenvalue weighted by molar-refractivity contribution is -0.0706. The molecule has 0 bridgehead atoms. The van der Waals surface area contributed by atoms with Gasteiger partial charge in [-0.3, -0.25) is 4.90 Å². The Kier molecular flexibility index (Phi) is 4.09. The van der Waals surface area contributed by atoms with Crippen LogP contribution in [0.25, 0.3) is 0 Å². The van der Waals surface area contributed by atoms with Crippen molar-refractivity contribution in [2.75, 3.05) is 25.9 Å². The second kappa shape index (κ2) is 5.59. The van der Waals surface area contributed by atoms with Gasteiger partial charge in [-0.2, -0.15) is 0 Å². The van der Waals surface area contributed by atoms with E-state index >= 15 is 0 Å². The minimum Gasteiger partial charge on any atom is -0.496 e. The van der Waals surface area contributed by atoms with E-state index in [-0.39, 0.29) is 12.2 Å². The Balaban J connectivity index is 2.08. The Morgan fingerprint density at radius 2 is 2.00 bits per heavy atom. The average molecular weight is 250 g/mol. The van der Waals surface area contributed by atoms with Crippen LogP contribution in [0.5, 0.6) is 5.75 Å². The molecule has 1 aliphatic rings. The molecule has 1 heterocycles. The highest BCUT2D eigenvalue weighted by Crippen LogP contribution is 2.24. The van der Waals surface area contributed by atoms with Crippen molar-refractivity contribution in [2.24, 2.45) is 0 Å². The molecule has 1 aliphatic heterocycles. The molecular weight excluding hydrogens is 228 g/mol. The van der Waals surface area contributed by atoms with E-state index < -0.39 is 0 Å². The second-order valence-corrected chi connectivity index (χ2v) is 5.02. The van der Waals surface area contributed by atoms with Gasteiger partial charge in [0.1, 0.15) is 5.75 Å². The lowest BCUT2D eigenvalue weighted by atomic mass is 10.1. The Morgan fingerprint density at radius 3 is 2.61 bits per heavy atom. The summed E-state index contributed by atoms with van der Waals surface area (Å²) in [6, 6.07) is 5.84. The summed E-state index contributed by atoms with van der Waals surface area (Å²) in [5.74, 6) is 0.863. The minimum atomic E-state index is 0.286. The number of morpholine rings is 1.